The number of hydrogen-bond donors (Lipinski definition) is 2. The van der Waals surface area contributed by atoms with Gasteiger partial charge in [-0.05, 0) is 11.6 Å². The first kappa shape index (κ1) is 28.3. The van der Waals surface area contributed by atoms with Gasteiger partial charge in [-0.2, -0.15) is 4.57 Å². The topological polar surface area (TPSA) is 184 Å². The normalized spacial score (nSPS) is 22.1. The number of nitrogens with one attached hydrogen (secondary N) is 1. The lowest BCUT2D eigenvalue weighted by atomic mass is 10.0. The predicted molar refractivity (Wildman–Crippen MR) is 159 cm³/mol. The third kappa shape index (κ3) is 5.25. The van der Waals surface area contributed by atoms with Crippen LogP contribution in [0.2, 0.25) is 0 Å². The van der Waals surface area contributed by atoms with Gasteiger partial charge in [-0.3, -0.25) is 14.5 Å². The van der Waals surface area contributed by atoms with E-state index in [1.165, 1.54) is 35.5 Å². The molecule has 3 aromatic rings. The summed E-state index contributed by atoms with van der Waals surface area (Å²) in [5, 5.41) is 25.9. The summed E-state index contributed by atoms with van der Waals surface area (Å²) in [6.45, 7) is 0. The van der Waals surface area contributed by atoms with E-state index in [0.717, 1.165) is 22.8 Å². The number of carboxylic acid groups (broad SMARTS) is 1. The Morgan fingerprint density at radius 1 is 1.40 bits per heavy atom. The SMILES string of the molecule is CO/N=C(\C(=O)N[C@@H]1C(=O)N2C(C(=O)[O-])=C(CSC3C=NC([n+]4ccn5ncccc54)=CS3)CSC12)c1csc(N)n1. The number of nitrogens with two attached hydrogens (primary N) is 1. The smallest absolute Gasteiger partial charge is 0.276 e. The zero-order chi connectivity index (χ0) is 29.4. The molecule has 216 valence electrons. The number of amides is 2. The van der Waals surface area contributed by atoms with E-state index in [2.05, 4.69) is 25.5 Å². The zero-order valence-corrected chi connectivity index (χ0v) is 24.9. The number of anilines is 1. The number of fused-ring (bicyclic) bond motifs is 2. The molecule has 6 heterocycles. The predicted octanol–water partition coefficient (Wildman–Crippen LogP) is -0.252. The van der Waals surface area contributed by atoms with Crippen LogP contribution in [0, 0.1) is 0 Å². The summed E-state index contributed by atoms with van der Waals surface area (Å²) in [4.78, 5) is 52.8. The molecule has 0 spiro atoms. The van der Waals surface area contributed by atoms with Crippen LogP contribution in [0.25, 0.3) is 11.5 Å². The molecular weight excluding hydrogens is 623 g/mol. The van der Waals surface area contributed by atoms with Crippen LogP contribution in [-0.4, -0.2) is 83.8 Å². The molecule has 2 unspecified atom stereocenters. The Morgan fingerprint density at radius 3 is 2.98 bits per heavy atom. The van der Waals surface area contributed by atoms with Crippen LogP contribution in [0.15, 0.2) is 62.9 Å². The Bertz CT molecular complexity index is 1710. The van der Waals surface area contributed by atoms with E-state index in [9.17, 15) is 19.5 Å². The molecule has 3 N–H and O–H groups in total. The monoisotopic (exact) mass is 643 g/mol. The number of aliphatic carboxylic acids is 1. The van der Waals surface area contributed by atoms with Gasteiger partial charge in [-0.15, -0.1) is 61.2 Å². The molecule has 3 aromatic heterocycles. The minimum Gasteiger partial charge on any atom is -0.543 e. The molecule has 0 radical (unpaired) electrons. The molecule has 1 saturated heterocycles. The third-order valence-electron chi connectivity index (χ3n) is 6.36. The number of carbonyl (C=O) groups is 3. The Morgan fingerprint density at radius 2 is 2.26 bits per heavy atom. The van der Waals surface area contributed by atoms with Gasteiger partial charge < -0.3 is 25.8 Å². The molecule has 3 aliphatic heterocycles. The fourth-order valence-electron chi connectivity index (χ4n) is 4.48. The summed E-state index contributed by atoms with van der Waals surface area (Å²) < 4.78 is 3.62. The van der Waals surface area contributed by atoms with Crippen LogP contribution >= 0.6 is 46.6 Å². The van der Waals surface area contributed by atoms with Gasteiger partial charge >= 0.3 is 0 Å². The lowest BCUT2D eigenvalue weighted by molar-refractivity contribution is -0.553. The molecule has 2 amide bonds. The van der Waals surface area contributed by atoms with Crippen molar-refractivity contribution in [2.75, 3.05) is 24.3 Å². The second kappa shape index (κ2) is 11.8. The van der Waals surface area contributed by atoms with E-state index < -0.39 is 29.2 Å². The fraction of sp³-hybridized carbons (Fsp3) is 0.250. The van der Waals surface area contributed by atoms with Crippen molar-refractivity contribution in [3.63, 3.8) is 0 Å². The number of aliphatic imine (C=N–C) groups is 1. The van der Waals surface area contributed by atoms with Gasteiger partial charge in [-0.1, -0.05) is 5.16 Å². The van der Waals surface area contributed by atoms with Crippen LogP contribution in [0.5, 0.6) is 0 Å². The van der Waals surface area contributed by atoms with E-state index >= 15 is 0 Å². The van der Waals surface area contributed by atoms with E-state index in [-0.39, 0.29) is 26.8 Å². The van der Waals surface area contributed by atoms with Crippen LogP contribution in [0.1, 0.15) is 5.69 Å². The number of oxime groups is 1. The number of aromatic nitrogens is 4. The fourth-order valence-corrected chi connectivity index (χ4v) is 8.50. The molecule has 3 atom stereocenters. The van der Waals surface area contributed by atoms with Crippen LogP contribution in [0.3, 0.4) is 0 Å². The van der Waals surface area contributed by atoms with Crippen LogP contribution in [-0.2, 0) is 19.2 Å². The molecule has 6 rings (SSSR count). The Labute approximate surface area is 254 Å². The van der Waals surface area contributed by atoms with Gasteiger partial charge in [0.2, 0.25) is 0 Å². The molecule has 0 aromatic carbocycles. The van der Waals surface area contributed by atoms with Crippen molar-refractivity contribution in [1.29, 1.82) is 0 Å². The van der Waals surface area contributed by atoms with Crippen molar-refractivity contribution in [3.8, 4) is 0 Å². The average Bonchev–Trinajstić information content (AvgIpc) is 3.63. The van der Waals surface area contributed by atoms with E-state index in [4.69, 9.17) is 10.6 Å². The highest BCUT2D eigenvalue weighted by atomic mass is 32.2. The van der Waals surface area contributed by atoms with E-state index in [1.807, 2.05) is 40.7 Å². The van der Waals surface area contributed by atoms with Crippen molar-refractivity contribution in [3.05, 3.63) is 58.5 Å². The molecule has 3 aliphatic rings. The van der Waals surface area contributed by atoms with Crippen molar-refractivity contribution < 1.29 is 28.9 Å². The summed E-state index contributed by atoms with van der Waals surface area (Å²) in [6.07, 6.45) is 7.24. The van der Waals surface area contributed by atoms with Gasteiger partial charge in [0.15, 0.2) is 10.8 Å². The molecule has 14 nitrogen and oxygen atoms in total. The van der Waals surface area contributed by atoms with Crippen LogP contribution in [0.4, 0.5) is 5.13 Å². The number of thiazole rings is 1. The summed E-state index contributed by atoms with van der Waals surface area (Å²) in [6, 6.07) is 2.84. The van der Waals surface area contributed by atoms with Gasteiger partial charge in [0.05, 0.1) is 17.9 Å². The van der Waals surface area contributed by atoms with Gasteiger partial charge in [0.1, 0.15) is 47.4 Å². The van der Waals surface area contributed by atoms with E-state index in [0.29, 0.717) is 17.1 Å². The lowest BCUT2D eigenvalue weighted by Crippen LogP contribution is -2.71. The number of nitrogens with zero attached hydrogens (tertiary/aromatic N) is 7. The highest BCUT2D eigenvalue weighted by molar-refractivity contribution is 8.19. The minimum atomic E-state index is -1.44. The first-order valence-electron chi connectivity index (χ1n) is 12.2. The number of carboxylic acids is 1. The third-order valence-corrected chi connectivity index (χ3v) is 10.8. The summed E-state index contributed by atoms with van der Waals surface area (Å²) in [5.41, 5.74) is 7.01. The van der Waals surface area contributed by atoms with Gasteiger partial charge in [0.25, 0.3) is 23.3 Å². The average molecular weight is 644 g/mol. The summed E-state index contributed by atoms with van der Waals surface area (Å²) >= 11 is 5.55. The minimum absolute atomic E-state index is 0.0584. The number of nitrogen functional groups attached to an aromatic ring is 1. The molecule has 18 heteroatoms. The number of carbonyl (C=O) groups excluding carboxylic acids is 3. The van der Waals surface area contributed by atoms with Gasteiger partial charge in [0, 0.05) is 28.4 Å². The zero-order valence-electron chi connectivity index (χ0n) is 21.6. The summed E-state index contributed by atoms with van der Waals surface area (Å²) in [5.74, 6) is -1.22. The highest BCUT2D eigenvalue weighted by Crippen LogP contribution is 2.42. The highest BCUT2D eigenvalue weighted by Gasteiger charge is 2.53. The second-order valence-electron chi connectivity index (χ2n) is 8.86. The lowest BCUT2D eigenvalue weighted by Gasteiger charge is -2.50. The molecule has 0 bridgehead atoms. The maximum Gasteiger partial charge on any atom is 0.276 e. The second-order valence-corrected chi connectivity index (χ2v) is 13.3. The molecular formula is C24H21N9O5S4. The molecule has 42 heavy (non-hydrogen) atoms. The largest absolute Gasteiger partial charge is 0.543 e. The Balaban J connectivity index is 1.10. The quantitative estimate of drug-likeness (QED) is 0.136. The Hall–Kier alpha value is -3.87. The maximum absolute atomic E-state index is 13.1. The molecule has 0 aliphatic carbocycles. The Kier molecular flexibility index (Phi) is 7.93. The number of thioether (sulfide) groups is 3. The van der Waals surface area contributed by atoms with Crippen molar-refractivity contribution in [1.82, 2.24) is 24.8 Å². The van der Waals surface area contributed by atoms with Crippen molar-refractivity contribution in [2.24, 2.45) is 10.1 Å². The van der Waals surface area contributed by atoms with Crippen molar-refractivity contribution >= 4 is 92.9 Å². The number of rotatable bonds is 9. The molecule has 1 fully saturated rings. The summed E-state index contributed by atoms with van der Waals surface area (Å²) in [7, 11) is 1.28. The first-order valence-corrected chi connectivity index (χ1v) is 16.1. The number of imidazole rings is 1. The maximum atomic E-state index is 13.1. The first-order chi connectivity index (χ1) is 20.4. The van der Waals surface area contributed by atoms with Crippen molar-refractivity contribution in [2.45, 2.75) is 16.0 Å². The number of β-lactam (4-membered cyclic amide) rings is 1. The van der Waals surface area contributed by atoms with E-state index in [1.54, 1.807) is 27.9 Å². The molecule has 0 saturated carbocycles. The van der Waals surface area contributed by atoms with Gasteiger partial charge in [-0.25, -0.2) is 4.98 Å². The number of hydrogen-bond acceptors (Lipinski definition) is 14. The standard InChI is InChI=1S/C24H21N9O5S4/c1-38-30-17(13-10-42-24(25)28-13)20(34)29-18-21(35)33-19(23(36)37)12(9-41-22(18)33)8-39-16-7-26-14(11-40-16)31-5-6-32-15(31)3-2-4-27-32/h2-7,10-11,16,18,22H,8-9H2,1H3,(H3-,25,28,29,34,36,37)/b30-17-/t16?,18-,22?/m1/s1. The van der Waals surface area contributed by atoms with Crippen LogP contribution < -0.4 is 20.7 Å².